The van der Waals surface area contributed by atoms with Crippen molar-refractivity contribution >= 4 is 35.0 Å². The maximum absolute atomic E-state index is 14.9. The van der Waals surface area contributed by atoms with E-state index in [2.05, 4.69) is 38.0 Å². The molecule has 0 radical (unpaired) electrons. The minimum atomic E-state index is -4.58. The first-order valence-electron chi connectivity index (χ1n) is 15.5. The Labute approximate surface area is 282 Å². The molecule has 0 saturated carbocycles. The third-order valence-electron chi connectivity index (χ3n) is 8.44. The van der Waals surface area contributed by atoms with Gasteiger partial charge in [-0.1, -0.05) is 11.8 Å². The van der Waals surface area contributed by atoms with E-state index in [9.17, 15) is 36.7 Å². The summed E-state index contributed by atoms with van der Waals surface area (Å²) < 4.78 is 57.7. The Balaban J connectivity index is 1.06. The fourth-order valence-electron chi connectivity index (χ4n) is 5.41. The van der Waals surface area contributed by atoms with Crippen LogP contribution in [0.4, 0.5) is 28.9 Å². The molecule has 2 aliphatic rings. The summed E-state index contributed by atoms with van der Waals surface area (Å²) in [5.74, 6) is 3.04. The number of benzene rings is 2. The van der Waals surface area contributed by atoms with Crippen LogP contribution < -0.4 is 20.9 Å². The van der Waals surface area contributed by atoms with Crippen LogP contribution in [0.1, 0.15) is 48.2 Å². The smallest absolute Gasteiger partial charge is 0.369 e. The first-order valence-corrected chi connectivity index (χ1v) is 15.5. The fourth-order valence-corrected chi connectivity index (χ4v) is 5.41. The number of carbonyl (C=O) groups excluding carboxylic acids is 4. The van der Waals surface area contributed by atoms with E-state index in [-0.39, 0.29) is 35.7 Å². The summed E-state index contributed by atoms with van der Waals surface area (Å²) in [6.45, 7) is 4.22. The molecule has 4 heterocycles. The van der Waals surface area contributed by atoms with Crippen LogP contribution in [-0.2, 0) is 26.1 Å². The van der Waals surface area contributed by atoms with Crippen LogP contribution in [0.5, 0.6) is 0 Å². The number of imide groups is 1. The van der Waals surface area contributed by atoms with Gasteiger partial charge in [-0.15, -0.1) is 0 Å². The molecule has 3 N–H and O–H groups in total. The number of nitrogens with zero attached hydrogens (tertiary/aromatic N) is 5. The van der Waals surface area contributed by atoms with Crippen LogP contribution in [0, 0.1) is 23.6 Å². The maximum atomic E-state index is 14.9. The van der Waals surface area contributed by atoms with E-state index in [1.54, 1.807) is 32.2 Å². The SMILES string of the molecule is CC(C)(C(=O)Nc1ccc(C(F)(F)F)cc1-n1cccn1)n1cc(C#CC2CN(c3ccc(C(=O)NC4CCC(=O)NC4=O)c(F)c3)C2)cn1. The topological polar surface area (TPSA) is 143 Å². The Bertz CT molecular complexity index is 2040. The van der Waals surface area contributed by atoms with E-state index < -0.39 is 52.8 Å². The Hall–Kier alpha value is -5.98. The zero-order valence-electron chi connectivity index (χ0n) is 26.7. The lowest BCUT2D eigenvalue weighted by Crippen LogP contribution is -2.52. The Morgan fingerprint density at radius 2 is 1.84 bits per heavy atom. The molecule has 1 atom stereocenters. The zero-order chi connectivity index (χ0) is 35.8. The molecule has 258 valence electrons. The lowest BCUT2D eigenvalue weighted by molar-refractivity contribution is -0.138. The summed E-state index contributed by atoms with van der Waals surface area (Å²) in [7, 11) is 0. The molecular formula is C34H30F4N8O4. The monoisotopic (exact) mass is 690 g/mol. The number of carbonyl (C=O) groups is 4. The van der Waals surface area contributed by atoms with Gasteiger partial charge in [-0.25, -0.2) is 9.07 Å². The number of hydrogen-bond acceptors (Lipinski definition) is 7. The second kappa shape index (κ2) is 13.1. The van der Waals surface area contributed by atoms with E-state index in [0.29, 0.717) is 24.3 Å². The molecule has 12 nitrogen and oxygen atoms in total. The average molecular weight is 691 g/mol. The Morgan fingerprint density at radius 3 is 2.52 bits per heavy atom. The number of amides is 4. The summed E-state index contributed by atoms with van der Waals surface area (Å²) >= 11 is 0. The van der Waals surface area contributed by atoms with Crippen molar-refractivity contribution in [3.05, 3.63) is 89.8 Å². The molecule has 4 aromatic rings. The van der Waals surface area contributed by atoms with Gasteiger partial charge in [0, 0.05) is 43.8 Å². The molecule has 0 bridgehead atoms. The Kier molecular flexibility index (Phi) is 8.91. The molecular weight excluding hydrogens is 660 g/mol. The molecule has 16 heteroatoms. The number of rotatable bonds is 7. The van der Waals surface area contributed by atoms with Crippen molar-refractivity contribution in [2.45, 2.75) is 44.4 Å². The second-order valence-electron chi connectivity index (χ2n) is 12.4. The highest BCUT2D eigenvalue weighted by Crippen LogP contribution is 2.34. The van der Waals surface area contributed by atoms with Gasteiger partial charge in [-0.05, 0) is 62.7 Å². The summed E-state index contributed by atoms with van der Waals surface area (Å²) in [4.78, 5) is 51.1. The van der Waals surface area contributed by atoms with Crippen molar-refractivity contribution in [1.29, 1.82) is 0 Å². The molecule has 2 aliphatic heterocycles. The molecule has 2 fully saturated rings. The highest BCUT2D eigenvalue weighted by Gasteiger charge is 2.34. The van der Waals surface area contributed by atoms with Crippen LogP contribution >= 0.6 is 0 Å². The lowest BCUT2D eigenvalue weighted by Gasteiger charge is -2.38. The summed E-state index contributed by atoms with van der Waals surface area (Å²) in [6.07, 6.45) is 1.62. The van der Waals surface area contributed by atoms with Crippen molar-refractivity contribution in [2.24, 2.45) is 5.92 Å². The minimum Gasteiger partial charge on any atom is -0.369 e. The fraction of sp³-hybridized carbons (Fsp3) is 0.294. The number of piperidine rings is 1. The van der Waals surface area contributed by atoms with Gasteiger partial charge in [0.15, 0.2) is 0 Å². The highest BCUT2D eigenvalue weighted by molar-refractivity contribution is 6.04. The van der Waals surface area contributed by atoms with Crippen LogP contribution in [0.15, 0.2) is 67.3 Å². The molecule has 6 rings (SSSR count). The molecule has 2 aromatic heterocycles. The van der Waals surface area contributed by atoms with Crippen molar-refractivity contribution in [2.75, 3.05) is 23.3 Å². The molecule has 2 saturated heterocycles. The first kappa shape index (κ1) is 33.9. The van der Waals surface area contributed by atoms with Crippen molar-refractivity contribution in [3.63, 3.8) is 0 Å². The predicted octanol–water partition coefficient (Wildman–Crippen LogP) is 3.62. The molecule has 50 heavy (non-hydrogen) atoms. The van der Waals surface area contributed by atoms with Gasteiger partial charge >= 0.3 is 6.18 Å². The van der Waals surface area contributed by atoms with E-state index >= 15 is 0 Å². The third-order valence-corrected chi connectivity index (χ3v) is 8.44. The molecule has 2 aromatic carbocycles. The van der Waals surface area contributed by atoms with E-state index in [1.165, 1.54) is 46.2 Å². The van der Waals surface area contributed by atoms with Crippen LogP contribution in [0.2, 0.25) is 0 Å². The summed E-state index contributed by atoms with van der Waals surface area (Å²) in [5, 5.41) is 15.6. The second-order valence-corrected chi connectivity index (χ2v) is 12.4. The maximum Gasteiger partial charge on any atom is 0.416 e. The van der Waals surface area contributed by atoms with Gasteiger partial charge in [0.2, 0.25) is 11.8 Å². The summed E-state index contributed by atoms with van der Waals surface area (Å²) in [6, 6.07) is 7.79. The van der Waals surface area contributed by atoms with Gasteiger partial charge in [-0.2, -0.15) is 23.4 Å². The Morgan fingerprint density at radius 1 is 1.06 bits per heavy atom. The molecule has 1 unspecified atom stereocenters. The van der Waals surface area contributed by atoms with Crippen LogP contribution in [0.25, 0.3) is 5.69 Å². The number of anilines is 2. The van der Waals surface area contributed by atoms with Crippen LogP contribution in [-0.4, -0.2) is 62.3 Å². The van der Waals surface area contributed by atoms with E-state index in [4.69, 9.17) is 0 Å². The lowest BCUT2D eigenvalue weighted by atomic mass is 9.99. The minimum absolute atomic E-state index is 0.0458. The summed E-state index contributed by atoms with van der Waals surface area (Å²) in [5.41, 5.74) is -1.09. The largest absolute Gasteiger partial charge is 0.416 e. The van der Waals surface area contributed by atoms with Gasteiger partial charge < -0.3 is 15.5 Å². The molecule has 4 amide bonds. The van der Waals surface area contributed by atoms with Crippen molar-refractivity contribution < 1.29 is 36.7 Å². The van der Waals surface area contributed by atoms with Gasteiger partial charge in [-0.3, -0.25) is 29.2 Å². The first-order chi connectivity index (χ1) is 23.7. The van der Waals surface area contributed by atoms with Gasteiger partial charge in [0.05, 0.1) is 40.2 Å². The third kappa shape index (κ3) is 7.07. The predicted molar refractivity (Wildman–Crippen MR) is 171 cm³/mol. The standard InChI is InChI=1S/C34H30F4N8O4/c1-33(2,32(50)42-26-9-6-22(34(36,37)38)14-28(26)45-13-3-12-39-45)46-19-20(16-40-46)4-5-21-17-44(18-21)23-7-8-24(25(35)15-23)30(48)41-27-10-11-29(47)43-31(27)49/h3,6-9,12-16,19,21,27H,10-11,17-18H2,1-2H3,(H,41,48)(H,42,50)(H,43,47,49). The quantitative estimate of drug-likeness (QED) is 0.153. The number of hydrogen-bond donors (Lipinski definition) is 3. The number of aromatic nitrogens is 4. The number of halogens is 4. The van der Waals surface area contributed by atoms with E-state index in [0.717, 1.165) is 12.1 Å². The molecule has 0 aliphatic carbocycles. The highest BCUT2D eigenvalue weighted by atomic mass is 19.4. The molecule has 0 spiro atoms. The van der Waals surface area contributed by atoms with E-state index in [1.807, 2.05) is 4.90 Å². The van der Waals surface area contributed by atoms with Crippen LogP contribution in [0.3, 0.4) is 0 Å². The van der Waals surface area contributed by atoms with Crippen molar-refractivity contribution in [1.82, 2.24) is 30.2 Å². The van der Waals surface area contributed by atoms with Gasteiger partial charge in [0.1, 0.15) is 17.4 Å². The van der Waals surface area contributed by atoms with Gasteiger partial charge in [0.25, 0.3) is 11.8 Å². The average Bonchev–Trinajstić information content (AvgIpc) is 3.75. The zero-order valence-corrected chi connectivity index (χ0v) is 26.7. The number of nitrogens with one attached hydrogen (secondary N) is 3. The normalized spacial score (nSPS) is 16.6. The van der Waals surface area contributed by atoms with Crippen molar-refractivity contribution in [3.8, 4) is 17.5 Å². The number of alkyl halides is 3.